The van der Waals surface area contributed by atoms with Gasteiger partial charge in [0, 0.05) is 86.0 Å². The first kappa shape index (κ1) is 64.7. The first-order chi connectivity index (χ1) is 36.2. The number of aryl methyl sites for hydroxylation is 5. The number of aliphatic carboxylic acids is 3. The Bertz CT molecular complexity index is 2820. The summed E-state index contributed by atoms with van der Waals surface area (Å²) < 4.78 is 90.5. The average molecular weight is 1260 g/mol. The van der Waals surface area contributed by atoms with Crippen molar-refractivity contribution in [3.8, 4) is 39.5 Å². The predicted octanol–water partition coefficient (Wildman–Crippen LogP) is 5.74. The van der Waals surface area contributed by atoms with E-state index < -0.39 is 57.8 Å². The topological polar surface area (TPSA) is 241 Å². The average Bonchev–Trinajstić information content (AvgIpc) is 3.36. The molecule has 0 N–H and O–H groups in total. The van der Waals surface area contributed by atoms with E-state index in [-0.39, 0.29) is 147 Å². The minimum Gasteiger partial charge on any atom is -0.546 e. The van der Waals surface area contributed by atoms with Gasteiger partial charge in [-0.15, -0.1) is 0 Å². The summed E-state index contributed by atoms with van der Waals surface area (Å²) in [6.07, 6.45) is 4.13. The van der Waals surface area contributed by atoms with Crippen LogP contribution >= 0.6 is 0 Å². The smallest absolute Gasteiger partial charge is 0.546 e. The van der Waals surface area contributed by atoms with E-state index in [2.05, 4.69) is 0 Å². The fraction of sp³-hybridized carbons (Fsp3) is 0.421. The summed E-state index contributed by atoms with van der Waals surface area (Å²) in [6.45, 7) is 10.9. The summed E-state index contributed by atoms with van der Waals surface area (Å²) in [7, 11) is -8.42. The van der Waals surface area contributed by atoms with E-state index in [1.807, 2.05) is 27.7 Å². The van der Waals surface area contributed by atoms with Crippen molar-refractivity contribution in [2.24, 2.45) is 0 Å². The summed E-state index contributed by atoms with van der Waals surface area (Å²) in [4.78, 5) is 36.7. The fourth-order valence-corrected chi connectivity index (χ4v) is 11.4. The first-order valence-corrected chi connectivity index (χ1v) is 28.2. The molecule has 5 aromatic carbocycles. The van der Waals surface area contributed by atoms with E-state index in [0.717, 1.165) is 36.8 Å². The molecule has 5 aromatic rings. The van der Waals surface area contributed by atoms with Crippen molar-refractivity contribution >= 4 is 38.0 Å². The van der Waals surface area contributed by atoms with Gasteiger partial charge in [0.15, 0.2) is 0 Å². The number of benzene rings is 5. The number of hydrogen-bond acceptors (Lipinski definition) is 15. The van der Waals surface area contributed by atoms with E-state index in [1.165, 1.54) is 32.9 Å². The fourth-order valence-electron chi connectivity index (χ4n) is 8.44. The molecule has 0 aliphatic heterocycles. The normalized spacial score (nSPS) is 11.6. The number of carboxylic acid groups (broad SMARTS) is 3. The summed E-state index contributed by atoms with van der Waals surface area (Å²) in [5.74, 6) is -5.08. The number of sulfonamides is 2. The predicted molar refractivity (Wildman–Crippen MR) is 281 cm³/mol. The molecule has 0 saturated heterocycles. The van der Waals surface area contributed by atoms with Gasteiger partial charge in [-0.1, -0.05) is 74.2 Å². The number of hydrogen-bond donors (Lipinski definition) is 0. The third-order valence-electron chi connectivity index (χ3n) is 12.1. The monoisotopic (exact) mass is 1260 g/mol. The quantitative estimate of drug-likeness (QED) is 0.0455. The molecule has 17 nitrogen and oxygen atoms in total. The number of rotatable bonds is 33. The van der Waals surface area contributed by atoms with Crippen LogP contribution in [-0.2, 0) is 57.0 Å². The number of nitrogens with zero attached hydrogens (tertiary/aromatic N) is 2. The molecule has 0 spiro atoms. The largest absolute Gasteiger partial charge is 3.00 e. The van der Waals surface area contributed by atoms with Gasteiger partial charge in [0.2, 0.25) is 20.0 Å². The van der Waals surface area contributed by atoms with Gasteiger partial charge in [-0.25, -0.2) is 16.8 Å². The van der Waals surface area contributed by atoms with Crippen LogP contribution in [0.4, 0.5) is 0 Å². The zero-order valence-corrected chi connectivity index (χ0v) is 48.1. The van der Waals surface area contributed by atoms with E-state index in [0.29, 0.717) is 42.7 Å². The number of carboxylic acids is 3. The van der Waals surface area contributed by atoms with Crippen molar-refractivity contribution in [2.75, 3.05) is 59.3 Å². The van der Waals surface area contributed by atoms with Crippen molar-refractivity contribution in [1.29, 1.82) is 0 Å². The molecular formula is C57H69N2O15S2Yb. The zero-order chi connectivity index (χ0) is 55.6. The Balaban J connectivity index is 0.0000128. The van der Waals surface area contributed by atoms with Crippen molar-refractivity contribution < 1.29 is 117 Å². The van der Waals surface area contributed by atoms with Gasteiger partial charge in [0.25, 0.3) is 0 Å². The summed E-state index contributed by atoms with van der Waals surface area (Å²) in [6, 6.07) is 22.7. The van der Waals surface area contributed by atoms with E-state index in [1.54, 1.807) is 81.4 Å². The van der Waals surface area contributed by atoms with Gasteiger partial charge in [-0.05, 0) is 126 Å². The Morgan fingerprint density at radius 1 is 0.442 bits per heavy atom. The number of carbonyl (C=O) groups excluding carboxylic acids is 3. The van der Waals surface area contributed by atoms with Crippen LogP contribution in [0.1, 0.15) is 91.3 Å². The summed E-state index contributed by atoms with van der Waals surface area (Å²) >= 11 is 0. The SMILES string of the molecule is CCCCOCCCN(Cc1cc(C)cc(-c2cc(C)cc(-c3cc(C)cc(CN(CCCOCCCC)S(=O)(=O)c4ccc(C)cc4)c3OCC(=O)[O-])c2OCC(=O)[O-])c1OCC(=O)[O-])S(=O)(=O)c1ccc(C)cc1.[Yb+3]. The molecule has 0 amide bonds. The molecule has 0 atom stereocenters. The minimum atomic E-state index is -4.21. The molecule has 20 heteroatoms. The number of carbonyl (C=O) groups is 3. The molecule has 0 aliphatic rings. The van der Waals surface area contributed by atoms with Crippen LogP contribution in [0.15, 0.2) is 94.7 Å². The second-order valence-electron chi connectivity index (χ2n) is 18.7. The molecule has 5 rings (SSSR count). The van der Waals surface area contributed by atoms with E-state index in [9.17, 15) is 46.5 Å². The van der Waals surface area contributed by atoms with Crippen LogP contribution in [0.3, 0.4) is 0 Å². The standard InChI is InChI=1S/C57H72N2O15S2.Yb/c1-8-10-24-70-26-12-22-58(75(66,67)46-18-14-39(3)15-19-46)34-44-28-41(5)30-48(55(44)72-36-52(60)61)50-32-43(7)33-51(57(50)74-38-54(64)65)49-31-42(6)29-45(56(49)73-37-53(62)63)35-59(23-13-27-71-25-11-9-2)76(68,69)47-20-16-40(4)17-21-47;/h14-21,28-33H,8-13,22-27,34-38H2,1-7H3,(H,60,61)(H,62,63)(H,64,65);/q;+3/p-3. The molecule has 77 heavy (non-hydrogen) atoms. The zero-order valence-electron chi connectivity index (χ0n) is 44.7. The van der Waals surface area contributed by atoms with Crippen molar-refractivity contribution in [2.45, 2.75) is 110 Å². The van der Waals surface area contributed by atoms with Crippen LogP contribution < -0.4 is 29.5 Å². The third kappa shape index (κ3) is 18.9. The maximum Gasteiger partial charge on any atom is 3.00 e. The Morgan fingerprint density at radius 2 is 0.740 bits per heavy atom. The second-order valence-corrected chi connectivity index (χ2v) is 22.6. The number of ether oxygens (including phenoxy) is 5. The Hall–Kier alpha value is -4.83. The van der Waals surface area contributed by atoms with Crippen molar-refractivity contribution in [3.63, 3.8) is 0 Å². The molecule has 1 radical (unpaired) electrons. The van der Waals surface area contributed by atoms with Crippen molar-refractivity contribution in [3.05, 3.63) is 124 Å². The first-order valence-electron chi connectivity index (χ1n) is 25.4. The van der Waals surface area contributed by atoms with Gasteiger partial charge in [-0.3, -0.25) is 0 Å². The van der Waals surface area contributed by atoms with Crippen LogP contribution in [0.5, 0.6) is 17.2 Å². The van der Waals surface area contributed by atoms with Crippen LogP contribution in [0.25, 0.3) is 22.3 Å². The van der Waals surface area contributed by atoms with Gasteiger partial charge in [0.1, 0.15) is 37.1 Å². The molecule has 0 unspecified atom stereocenters. The Kier molecular flexibility index (Phi) is 26.1. The number of unbranched alkanes of at least 4 members (excludes halogenated alkanes) is 2. The van der Waals surface area contributed by atoms with Gasteiger partial charge < -0.3 is 53.4 Å². The summed E-state index contributed by atoms with van der Waals surface area (Å²) in [5, 5.41) is 36.6. The Labute approximate surface area is 492 Å². The van der Waals surface area contributed by atoms with Gasteiger partial charge in [0.05, 0.1) is 27.7 Å². The van der Waals surface area contributed by atoms with E-state index >= 15 is 0 Å². The maximum absolute atomic E-state index is 14.5. The molecule has 0 saturated carbocycles. The third-order valence-corrected chi connectivity index (χ3v) is 15.8. The van der Waals surface area contributed by atoms with Crippen LogP contribution in [0, 0.1) is 81.5 Å². The molecule has 0 heterocycles. The van der Waals surface area contributed by atoms with E-state index in [4.69, 9.17) is 23.7 Å². The minimum absolute atomic E-state index is 0. The van der Waals surface area contributed by atoms with Crippen LogP contribution in [0.2, 0.25) is 0 Å². The molecular weight excluding hydrogens is 1190 g/mol. The van der Waals surface area contributed by atoms with Gasteiger partial charge >= 0.3 is 46.9 Å². The van der Waals surface area contributed by atoms with Gasteiger partial charge in [-0.2, -0.15) is 8.61 Å². The Morgan fingerprint density at radius 3 is 1.06 bits per heavy atom. The second kappa shape index (κ2) is 31.1. The molecule has 0 aliphatic carbocycles. The molecule has 0 bridgehead atoms. The summed E-state index contributed by atoms with van der Waals surface area (Å²) in [5.41, 5.74) is 4.51. The molecule has 0 fully saturated rings. The molecule has 0 aromatic heterocycles. The molecule has 423 valence electrons. The van der Waals surface area contributed by atoms with Crippen molar-refractivity contribution in [1.82, 2.24) is 8.61 Å². The van der Waals surface area contributed by atoms with Crippen LogP contribution in [-0.4, -0.2) is 103 Å². The maximum atomic E-state index is 14.5.